The van der Waals surface area contributed by atoms with Gasteiger partial charge in [0.25, 0.3) is 10.0 Å². The molecule has 0 spiro atoms. The van der Waals surface area contributed by atoms with Crippen LogP contribution in [0.3, 0.4) is 0 Å². The Morgan fingerprint density at radius 3 is 2.57 bits per heavy atom. The number of nitrogen functional groups attached to an aromatic ring is 1. The minimum Gasteiger partial charge on any atom is -0.495 e. The number of hydrogen-bond donors (Lipinski definition) is 2. The molecule has 21 heavy (non-hydrogen) atoms. The van der Waals surface area contributed by atoms with E-state index in [1.165, 1.54) is 25.3 Å². The van der Waals surface area contributed by atoms with E-state index in [1.807, 2.05) is 0 Å². The molecule has 0 radical (unpaired) electrons. The molecule has 0 atom stereocenters. The molecule has 2 rings (SSSR count). The van der Waals surface area contributed by atoms with Gasteiger partial charge in [-0.15, -0.1) is 0 Å². The second-order valence-electron chi connectivity index (χ2n) is 4.14. The lowest BCUT2D eigenvalue weighted by Gasteiger charge is -2.12. The van der Waals surface area contributed by atoms with Crippen LogP contribution < -0.4 is 15.2 Å². The van der Waals surface area contributed by atoms with Crippen molar-refractivity contribution in [1.82, 2.24) is 0 Å². The molecule has 0 aromatic heterocycles. The molecule has 2 aromatic rings. The number of sulfonamides is 1. The summed E-state index contributed by atoms with van der Waals surface area (Å²) in [6.45, 7) is 0. The van der Waals surface area contributed by atoms with Gasteiger partial charge in [0.15, 0.2) is 0 Å². The van der Waals surface area contributed by atoms with Gasteiger partial charge in [-0.2, -0.15) is 0 Å². The first-order valence-corrected chi connectivity index (χ1v) is 8.40. The third-order valence-corrected chi connectivity index (χ3v) is 5.28. The molecule has 0 saturated heterocycles. The molecule has 2 aromatic carbocycles. The van der Waals surface area contributed by atoms with Crippen LogP contribution in [0.2, 0.25) is 5.02 Å². The van der Waals surface area contributed by atoms with Gasteiger partial charge in [0.1, 0.15) is 10.6 Å². The topological polar surface area (TPSA) is 81.4 Å². The molecule has 0 fully saturated rings. The van der Waals surface area contributed by atoms with E-state index in [0.29, 0.717) is 20.9 Å². The number of hydrogen-bond acceptors (Lipinski definition) is 4. The number of benzene rings is 2. The number of anilines is 2. The minimum atomic E-state index is -3.84. The Hall–Kier alpha value is -1.44. The van der Waals surface area contributed by atoms with E-state index in [0.717, 1.165) is 0 Å². The molecule has 5 nitrogen and oxygen atoms in total. The molecule has 0 saturated carbocycles. The minimum absolute atomic E-state index is 0.0379. The highest BCUT2D eigenvalue weighted by molar-refractivity contribution is 9.10. The maximum Gasteiger partial charge on any atom is 0.265 e. The lowest BCUT2D eigenvalue weighted by molar-refractivity contribution is 0.403. The molecular formula is C13H12BrClN2O3S. The zero-order valence-corrected chi connectivity index (χ0v) is 14.1. The smallest absolute Gasteiger partial charge is 0.265 e. The molecule has 0 aliphatic carbocycles. The molecule has 0 bridgehead atoms. The Kier molecular flexibility index (Phi) is 4.65. The van der Waals surface area contributed by atoms with Crippen LogP contribution in [0.4, 0.5) is 11.4 Å². The molecule has 3 N–H and O–H groups in total. The summed E-state index contributed by atoms with van der Waals surface area (Å²) in [4.78, 5) is -0.0379. The molecule has 0 unspecified atom stereocenters. The average molecular weight is 392 g/mol. The summed E-state index contributed by atoms with van der Waals surface area (Å²) in [5.74, 6) is 0.208. The van der Waals surface area contributed by atoms with Crippen LogP contribution in [0.15, 0.2) is 45.8 Å². The van der Waals surface area contributed by atoms with Gasteiger partial charge < -0.3 is 10.5 Å². The van der Waals surface area contributed by atoms with E-state index in [1.54, 1.807) is 18.2 Å². The van der Waals surface area contributed by atoms with Gasteiger partial charge in [-0.3, -0.25) is 4.72 Å². The van der Waals surface area contributed by atoms with E-state index in [-0.39, 0.29) is 10.6 Å². The van der Waals surface area contributed by atoms with Gasteiger partial charge >= 0.3 is 0 Å². The fraction of sp³-hybridized carbons (Fsp3) is 0.0769. The highest BCUT2D eigenvalue weighted by atomic mass is 79.9. The first kappa shape index (κ1) is 15.9. The molecule has 0 heterocycles. The predicted octanol–water partition coefficient (Wildman–Crippen LogP) is 3.49. The maximum absolute atomic E-state index is 12.4. The van der Waals surface area contributed by atoms with Crippen molar-refractivity contribution in [1.29, 1.82) is 0 Å². The number of rotatable bonds is 4. The quantitative estimate of drug-likeness (QED) is 0.782. The number of ether oxygens (including phenoxy) is 1. The monoisotopic (exact) mass is 390 g/mol. The predicted molar refractivity (Wildman–Crippen MR) is 87.4 cm³/mol. The third kappa shape index (κ3) is 3.61. The lowest BCUT2D eigenvalue weighted by atomic mass is 10.3. The highest BCUT2D eigenvalue weighted by Gasteiger charge is 2.20. The van der Waals surface area contributed by atoms with E-state index in [2.05, 4.69) is 20.7 Å². The van der Waals surface area contributed by atoms with Crippen molar-refractivity contribution >= 4 is 48.9 Å². The van der Waals surface area contributed by atoms with E-state index >= 15 is 0 Å². The van der Waals surface area contributed by atoms with Crippen molar-refractivity contribution < 1.29 is 13.2 Å². The summed E-state index contributed by atoms with van der Waals surface area (Å²) in [6, 6.07) is 9.14. The molecule has 112 valence electrons. The molecule has 0 aliphatic rings. The fourth-order valence-corrected chi connectivity index (χ4v) is 3.35. The molecule has 8 heteroatoms. The summed E-state index contributed by atoms with van der Waals surface area (Å²) >= 11 is 9.19. The maximum atomic E-state index is 12.4. The number of methoxy groups -OCH3 is 1. The Morgan fingerprint density at radius 1 is 1.24 bits per heavy atom. The first-order valence-electron chi connectivity index (χ1n) is 5.75. The summed E-state index contributed by atoms with van der Waals surface area (Å²) in [5, 5.41) is 0.398. The summed E-state index contributed by atoms with van der Waals surface area (Å²) in [6.07, 6.45) is 0. The summed E-state index contributed by atoms with van der Waals surface area (Å²) in [5.41, 5.74) is 6.31. The van der Waals surface area contributed by atoms with Crippen LogP contribution in [0.25, 0.3) is 0 Å². The molecule has 0 aliphatic heterocycles. The van der Waals surface area contributed by atoms with Crippen LogP contribution in [-0.2, 0) is 10.0 Å². The number of nitrogens with one attached hydrogen (secondary N) is 1. The first-order chi connectivity index (χ1) is 9.83. The van der Waals surface area contributed by atoms with Gasteiger partial charge in [-0.1, -0.05) is 11.6 Å². The Morgan fingerprint density at radius 2 is 1.95 bits per heavy atom. The highest BCUT2D eigenvalue weighted by Crippen LogP contribution is 2.30. The zero-order chi connectivity index (χ0) is 15.6. The largest absolute Gasteiger partial charge is 0.495 e. The molecular weight excluding hydrogens is 380 g/mol. The van der Waals surface area contributed by atoms with Gasteiger partial charge in [0.05, 0.1) is 17.8 Å². The lowest BCUT2D eigenvalue weighted by Crippen LogP contribution is -2.14. The van der Waals surface area contributed by atoms with Crippen LogP contribution in [0.5, 0.6) is 5.75 Å². The van der Waals surface area contributed by atoms with Crippen LogP contribution >= 0.6 is 27.5 Å². The van der Waals surface area contributed by atoms with E-state index < -0.39 is 10.0 Å². The Balaban J connectivity index is 2.42. The molecule has 0 amide bonds. The SMILES string of the molecule is COc1ccc(N)cc1S(=O)(=O)Nc1ccc(Br)c(Cl)c1. The van der Waals surface area contributed by atoms with Crippen molar-refractivity contribution in [3.8, 4) is 5.75 Å². The van der Waals surface area contributed by atoms with Crippen molar-refractivity contribution in [2.45, 2.75) is 4.90 Å². The van der Waals surface area contributed by atoms with Crippen molar-refractivity contribution in [3.63, 3.8) is 0 Å². The number of nitrogens with two attached hydrogens (primary N) is 1. The normalized spacial score (nSPS) is 11.2. The van der Waals surface area contributed by atoms with Crippen LogP contribution in [-0.4, -0.2) is 15.5 Å². The van der Waals surface area contributed by atoms with E-state index in [4.69, 9.17) is 22.1 Å². The average Bonchev–Trinajstić information content (AvgIpc) is 2.42. The van der Waals surface area contributed by atoms with Crippen molar-refractivity contribution in [2.24, 2.45) is 0 Å². The van der Waals surface area contributed by atoms with Gasteiger partial charge in [-0.25, -0.2) is 8.42 Å². The second kappa shape index (κ2) is 6.13. The van der Waals surface area contributed by atoms with E-state index in [9.17, 15) is 8.42 Å². The zero-order valence-electron chi connectivity index (χ0n) is 10.9. The summed E-state index contributed by atoms with van der Waals surface area (Å²) < 4.78 is 33.0. The van der Waals surface area contributed by atoms with Crippen molar-refractivity contribution in [2.75, 3.05) is 17.6 Å². The van der Waals surface area contributed by atoms with Crippen LogP contribution in [0.1, 0.15) is 0 Å². The Labute approximate surface area is 136 Å². The number of halogens is 2. The summed E-state index contributed by atoms with van der Waals surface area (Å²) in [7, 11) is -2.45. The standard InChI is InChI=1S/C13H12BrClN2O3S/c1-20-12-5-2-8(16)6-13(12)21(18,19)17-9-3-4-10(14)11(15)7-9/h2-7,17H,16H2,1H3. The Bertz CT molecular complexity index is 781. The van der Waals surface area contributed by atoms with Crippen molar-refractivity contribution in [3.05, 3.63) is 45.9 Å². The second-order valence-corrected chi connectivity index (χ2v) is 7.06. The van der Waals surface area contributed by atoms with Gasteiger partial charge in [-0.05, 0) is 52.3 Å². The third-order valence-electron chi connectivity index (χ3n) is 2.65. The van der Waals surface area contributed by atoms with Gasteiger partial charge in [0.2, 0.25) is 0 Å². The van der Waals surface area contributed by atoms with Gasteiger partial charge in [0, 0.05) is 10.2 Å². The van der Waals surface area contributed by atoms with Crippen LogP contribution in [0, 0.1) is 0 Å². The fourth-order valence-electron chi connectivity index (χ4n) is 1.67.